The van der Waals surface area contributed by atoms with Gasteiger partial charge in [0.15, 0.2) is 11.6 Å². The van der Waals surface area contributed by atoms with Crippen LogP contribution < -0.4 is 4.74 Å². The van der Waals surface area contributed by atoms with Gasteiger partial charge >= 0.3 is 0 Å². The predicted octanol–water partition coefficient (Wildman–Crippen LogP) is 7.64. The van der Waals surface area contributed by atoms with Gasteiger partial charge in [-0.15, -0.1) is 18.3 Å². The van der Waals surface area contributed by atoms with Crippen LogP contribution >= 0.6 is 11.8 Å². The predicted molar refractivity (Wildman–Crippen MR) is 181 cm³/mol. The average Bonchev–Trinajstić information content (AvgIpc) is 3.52. The highest BCUT2D eigenvalue weighted by Crippen LogP contribution is 2.55. The summed E-state index contributed by atoms with van der Waals surface area (Å²) in [6, 6.07) is 18.2. The van der Waals surface area contributed by atoms with Gasteiger partial charge in [-0.25, -0.2) is 0 Å². The van der Waals surface area contributed by atoms with E-state index in [1.54, 1.807) is 26.0 Å². The molecule has 7 nitrogen and oxygen atoms in total. The number of rotatable bonds is 12. The number of allylic oxidation sites excluding steroid dienone is 1. The number of carbonyl (C=O) groups excluding carboxylic acids is 1. The molecule has 1 saturated heterocycles. The molecule has 1 heterocycles. The third-order valence-electron chi connectivity index (χ3n) is 10.1. The lowest BCUT2D eigenvalue weighted by Crippen LogP contribution is -2.59. The van der Waals surface area contributed by atoms with Gasteiger partial charge < -0.3 is 28.4 Å². The van der Waals surface area contributed by atoms with Crippen molar-refractivity contribution in [3.05, 3.63) is 84.5 Å². The minimum absolute atomic E-state index is 0.0274. The highest BCUT2D eigenvalue weighted by Gasteiger charge is 2.61. The highest BCUT2D eigenvalue weighted by atomic mass is 32.2. The molecule has 3 aliphatic rings. The smallest absolute Gasteiger partial charge is 0.165 e. The number of carbonyl (C=O) groups is 1. The van der Waals surface area contributed by atoms with E-state index in [1.807, 2.05) is 57.2 Å². The van der Waals surface area contributed by atoms with Crippen molar-refractivity contribution < 1.29 is 33.2 Å². The SMILES string of the molecule is C=C[C@@H](OCc1ccc(OC)cc1)[C@]1([C@@H]2[C@H](C)C(=O)[C@H](OCOC)[C@H]3CC/C(=C\[C@H]2Sc2ccccc2)C3(C)C)COC(C)(C)O1. The van der Waals surface area contributed by atoms with Gasteiger partial charge in [-0.2, -0.15) is 0 Å². The second-order valence-corrected chi connectivity index (χ2v) is 15.0. The van der Waals surface area contributed by atoms with Crippen molar-refractivity contribution in [3.8, 4) is 5.75 Å². The van der Waals surface area contributed by atoms with Gasteiger partial charge in [0.05, 0.1) is 20.3 Å². The van der Waals surface area contributed by atoms with Crippen LogP contribution in [0.1, 0.15) is 53.0 Å². The van der Waals surface area contributed by atoms with E-state index in [0.717, 1.165) is 29.1 Å². The maximum absolute atomic E-state index is 14.9. The molecule has 2 aliphatic carbocycles. The molecule has 0 spiro atoms. The quantitative estimate of drug-likeness (QED) is 0.172. The van der Waals surface area contributed by atoms with E-state index in [9.17, 15) is 4.79 Å². The first-order valence-electron chi connectivity index (χ1n) is 16.2. The van der Waals surface area contributed by atoms with Crippen LogP contribution in [0.4, 0.5) is 0 Å². The minimum Gasteiger partial charge on any atom is -0.497 e. The first-order valence-corrected chi connectivity index (χ1v) is 17.1. The molecule has 2 aromatic carbocycles. The van der Waals surface area contributed by atoms with Crippen molar-refractivity contribution in [2.45, 2.75) is 87.8 Å². The maximum Gasteiger partial charge on any atom is 0.165 e. The Kier molecular flexibility index (Phi) is 10.9. The summed E-state index contributed by atoms with van der Waals surface area (Å²) in [6.45, 7) is 15.2. The monoisotopic (exact) mass is 650 g/mol. The summed E-state index contributed by atoms with van der Waals surface area (Å²) in [6.07, 6.45) is 4.82. The molecule has 0 radical (unpaired) electrons. The molecule has 46 heavy (non-hydrogen) atoms. The Hall–Kier alpha value is -2.46. The van der Waals surface area contributed by atoms with Crippen molar-refractivity contribution in [1.29, 1.82) is 0 Å². The van der Waals surface area contributed by atoms with Crippen LogP contribution in [0.2, 0.25) is 0 Å². The first-order chi connectivity index (χ1) is 22.0. The van der Waals surface area contributed by atoms with Gasteiger partial charge in [0.1, 0.15) is 30.4 Å². The summed E-state index contributed by atoms with van der Waals surface area (Å²) in [5.41, 5.74) is 1.06. The van der Waals surface area contributed by atoms with E-state index in [4.69, 9.17) is 28.4 Å². The third kappa shape index (κ3) is 7.03. The summed E-state index contributed by atoms with van der Waals surface area (Å²) >= 11 is 1.77. The lowest BCUT2D eigenvalue weighted by atomic mass is 9.70. The summed E-state index contributed by atoms with van der Waals surface area (Å²) in [5, 5.41) is -0.139. The fraction of sp³-hybridized carbons (Fsp3) is 0.553. The van der Waals surface area contributed by atoms with Crippen LogP contribution in [0, 0.1) is 23.2 Å². The van der Waals surface area contributed by atoms with Crippen molar-refractivity contribution >= 4 is 17.5 Å². The number of benzene rings is 2. The molecular formula is C38H50O7S. The van der Waals surface area contributed by atoms with Crippen LogP contribution in [0.15, 0.2) is 83.8 Å². The fourth-order valence-electron chi connectivity index (χ4n) is 7.70. The number of fused-ring (bicyclic) bond motifs is 2. The van der Waals surface area contributed by atoms with Gasteiger partial charge in [0, 0.05) is 35.0 Å². The van der Waals surface area contributed by atoms with Crippen molar-refractivity contribution in [2.75, 3.05) is 27.6 Å². The molecular weight excluding hydrogens is 600 g/mol. The van der Waals surface area contributed by atoms with Crippen molar-refractivity contribution in [3.63, 3.8) is 0 Å². The Morgan fingerprint density at radius 1 is 1.07 bits per heavy atom. The second-order valence-electron chi connectivity index (χ2n) is 13.7. The fourth-order valence-corrected chi connectivity index (χ4v) is 9.17. The molecule has 1 saturated carbocycles. The number of thioether (sulfide) groups is 1. The van der Waals surface area contributed by atoms with Crippen LogP contribution in [0.3, 0.4) is 0 Å². The van der Waals surface area contributed by atoms with Gasteiger partial charge in [0.2, 0.25) is 0 Å². The first kappa shape index (κ1) is 34.9. The zero-order valence-electron chi connectivity index (χ0n) is 28.3. The Morgan fingerprint density at radius 2 is 1.78 bits per heavy atom. The molecule has 8 heteroatoms. The standard InChI is InChI=1S/C38H50O7S/c1-9-32(42-22-26-15-18-28(41-8)19-16-26)38(23-44-37(5,6)45-38)33-25(2)34(39)35(43-24-40-7)30-20-17-27(36(30,3)4)21-31(33)46-29-13-11-10-12-14-29/h9-16,18-19,21,25,30-33,35H,1,17,20,22-24H2,2-8H3/b27-21+/t25-,30+,31+,32+,33+,35+,38-/m0/s1. The van der Waals surface area contributed by atoms with Gasteiger partial charge in [-0.05, 0) is 61.9 Å². The molecule has 0 N–H and O–H groups in total. The molecule has 1 aliphatic heterocycles. The van der Waals surface area contributed by atoms with E-state index in [1.165, 1.54) is 5.57 Å². The molecule has 2 fully saturated rings. The number of methoxy groups -OCH3 is 2. The van der Waals surface area contributed by atoms with Crippen LogP contribution in [-0.2, 0) is 35.1 Å². The maximum atomic E-state index is 14.9. The minimum atomic E-state index is -1.03. The Bertz CT molecular complexity index is 1370. The number of hydrogen-bond acceptors (Lipinski definition) is 8. The van der Waals surface area contributed by atoms with Gasteiger partial charge in [-0.1, -0.05) is 68.8 Å². The molecule has 7 atom stereocenters. The molecule has 5 rings (SSSR count). The van der Waals surface area contributed by atoms with E-state index in [-0.39, 0.29) is 41.7 Å². The van der Waals surface area contributed by atoms with E-state index < -0.39 is 29.5 Å². The Morgan fingerprint density at radius 3 is 2.39 bits per heavy atom. The van der Waals surface area contributed by atoms with E-state index in [2.05, 4.69) is 50.8 Å². The third-order valence-corrected chi connectivity index (χ3v) is 11.4. The average molecular weight is 651 g/mol. The topological polar surface area (TPSA) is 72.5 Å². The zero-order chi connectivity index (χ0) is 33.1. The number of ether oxygens (including phenoxy) is 6. The van der Waals surface area contributed by atoms with E-state index in [0.29, 0.717) is 6.61 Å². The van der Waals surface area contributed by atoms with Crippen LogP contribution in [0.5, 0.6) is 5.75 Å². The molecule has 250 valence electrons. The zero-order valence-corrected chi connectivity index (χ0v) is 29.1. The number of Topliss-reactive ketones (excluding diaryl/α,β-unsaturated/α-hetero) is 1. The molecule has 2 bridgehead atoms. The van der Waals surface area contributed by atoms with Crippen LogP contribution in [-0.4, -0.2) is 62.2 Å². The second kappa shape index (κ2) is 14.3. The lowest BCUT2D eigenvalue weighted by molar-refractivity contribution is -0.208. The largest absolute Gasteiger partial charge is 0.497 e. The Labute approximate surface area is 279 Å². The van der Waals surface area contributed by atoms with Gasteiger partial charge in [-0.3, -0.25) is 4.79 Å². The van der Waals surface area contributed by atoms with Gasteiger partial charge in [0.25, 0.3) is 0 Å². The van der Waals surface area contributed by atoms with E-state index >= 15 is 0 Å². The summed E-state index contributed by atoms with van der Waals surface area (Å²) in [5.74, 6) is -0.864. The lowest BCUT2D eigenvalue weighted by Gasteiger charge is -2.46. The number of hydrogen-bond donors (Lipinski definition) is 0. The molecule has 0 amide bonds. The van der Waals surface area contributed by atoms with Crippen LogP contribution in [0.25, 0.3) is 0 Å². The molecule has 0 unspecified atom stereocenters. The molecule has 0 aromatic heterocycles. The van der Waals surface area contributed by atoms with Crippen molar-refractivity contribution in [1.82, 2.24) is 0 Å². The summed E-state index contributed by atoms with van der Waals surface area (Å²) in [4.78, 5) is 16.0. The molecule has 2 aromatic rings. The Balaban J connectivity index is 1.64. The normalized spacial score (nSPS) is 32.1. The number of ketones is 1. The highest BCUT2D eigenvalue weighted by molar-refractivity contribution is 8.00. The summed E-state index contributed by atoms with van der Waals surface area (Å²) in [7, 11) is 3.25. The van der Waals surface area contributed by atoms with Crippen molar-refractivity contribution in [2.24, 2.45) is 23.2 Å². The summed E-state index contributed by atoms with van der Waals surface area (Å²) < 4.78 is 37.1.